The lowest BCUT2D eigenvalue weighted by atomic mass is 10.0. The van der Waals surface area contributed by atoms with E-state index >= 15 is 0 Å². The van der Waals surface area contributed by atoms with Crippen LogP contribution >= 0.6 is 0 Å². The average molecular weight is 413 g/mol. The Kier molecular flexibility index (Phi) is 20.9. The molecule has 0 rings (SSSR count). The number of hydrogen-bond donors (Lipinski definition) is 0. The van der Waals surface area contributed by atoms with E-state index in [0.29, 0.717) is 19.1 Å². The van der Waals surface area contributed by atoms with Crippen LogP contribution in [-0.4, -0.2) is 25.2 Å². The monoisotopic (exact) mass is 412 g/mol. The SMILES string of the molecule is CCCCCCCCCCCCCCCOC(=O)C(=O)OCC(CC)CCCC. The lowest BCUT2D eigenvalue weighted by molar-refractivity contribution is -0.168. The van der Waals surface area contributed by atoms with Gasteiger partial charge in [-0.05, 0) is 18.8 Å². The van der Waals surface area contributed by atoms with Gasteiger partial charge in [0.2, 0.25) is 0 Å². The fourth-order valence-electron chi connectivity index (χ4n) is 3.49. The normalized spacial score (nSPS) is 12.0. The van der Waals surface area contributed by atoms with E-state index in [1.807, 2.05) is 0 Å². The molecule has 0 aliphatic rings. The first-order valence-electron chi connectivity index (χ1n) is 12.5. The Bertz CT molecular complexity index is 381. The second-order valence-electron chi connectivity index (χ2n) is 8.39. The molecule has 0 saturated carbocycles. The summed E-state index contributed by atoms with van der Waals surface area (Å²) < 4.78 is 10.1. The number of hydrogen-bond acceptors (Lipinski definition) is 4. The Hall–Kier alpha value is -1.06. The van der Waals surface area contributed by atoms with Crippen molar-refractivity contribution >= 4 is 11.9 Å². The summed E-state index contributed by atoms with van der Waals surface area (Å²) in [6.07, 6.45) is 20.8. The second-order valence-corrected chi connectivity index (χ2v) is 8.39. The van der Waals surface area contributed by atoms with Gasteiger partial charge >= 0.3 is 11.9 Å². The molecule has 0 aliphatic carbocycles. The van der Waals surface area contributed by atoms with Gasteiger partial charge in [-0.2, -0.15) is 0 Å². The summed E-state index contributed by atoms with van der Waals surface area (Å²) in [5.74, 6) is -1.34. The Balaban J connectivity index is 3.45. The van der Waals surface area contributed by atoms with Crippen LogP contribution in [0.4, 0.5) is 0 Å². The fourth-order valence-corrected chi connectivity index (χ4v) is 3.49. The minimum Gasteiger partial charge on any atom is -0.457 e. The molecule has 172 valence electrons. The van der Waals surface area contributed by atoms with Crippen LogP contribution in [0, 0.1) is 5.92 Å². The van der Waals surface area contributed by atoms with Gasteiger partial charge in [-0.1, -0.05) is 117 Å². The largest absolute Gasteiger partial charge is 0.457 e. The summed E-state index contributed by atoms with van der Waals surface area (Å²) in [5, 5.41) is 0. The van der Waals surface area contributed by atoms with Gasteiger partial charge in [-0.15, -0.1) is 0 Å². The molecule has 0 aliphatic heterocycles. The Morgan fingerprint density at radius 1 is 0.586 bits per heavy atom. The highest BCUT2D eigenvalue weighted by molar-refractivity contribution is 6.29. The molecule has 0 N–H and O–H groups in total. The number of carbonyl (C=O) groups is 2. The first-order valence-corrected chi connectivity index (χ1v) is 12.5. The zero-order chi connectivity index (χ0) is 21.6. The van der Waals surface area contributed by atoms with Gasteiger partial charge < -0.3 is 9.47 Å². The molecule has 0 bridgehead atoms. The first-order chi connectivity index (χ1) is 14.2. The second kappa shape index (κ2) is 21.6. The highest BCUT2D eigenvalue weighted by Crippen LogP contribution is 2.14. The summed E-state index contributed by atoms with van der Waals surface area (Å²) in [7, 11) is 0. The van der Waals surface area contributed by atoms with Gasteiger partial charge in [0.1, 0.15) is 0 Å². The van der Waals surface area contributed by atoms with Crippen LogP contribution in [0.15, 0.2) is 0 Å². The molecular formula is C25H48O4. The molecule has 0 fully saturated rings. The maximum atomic E-state index is 11.7. The average Bonchev–Trinajstić information content (AvgIpc) is 2.73. The third-order valence-electron chi connectivity index (χ3n) is 5.64. The molecule has 0 aromatic carbocycles. The molecule has 0 amide bonds. The number of ether oxygens (including phenoxy) is 2. The molecule has 0 saturated heterocycles. The Morgan fingerprint density at radius 2 is 1.03 bits per heavy atom. The highest BCUT2D eigenvalue weighted by Gasteiger charge is 2.18. The predicted molar refractivity (Wildman–Crippen MR) is 121 cm³/mol. The van der Waals surface area contributed by atoms with Crippen molar-refractivity contribution in [3.05, 3.63) is 0 Å². The molecule has 4 heteroatoms. The number of rotatable bonds is 20. The maximum absolute atomic E-state index is 11.7. The van der Waals surface area contributed by atoms with E-state index in [2.05, 4.69) is 20.8 Å². The van der Waals surface area contributed by atoms with Gasteiger partial charge in [0.25, 0.3) is 0 Å². The van der Waals surface area contributed by atoms with E-state index in [1.54, 1.807) is 0 Å². The molecule has 0 radical (unpaired) electrons. The maximum Gasteiger partial charge on any atom is 0.417 e. The van der Waals surface area contributed by atoms with Crippen molar-refractivity contribution in [2.75, 3.05) is 13.2 Å². The lowest BCUT2D eigenvalue weighted by Crippen LogP contribution is -2.23. The van der Waals surface area contributed by atoms with Crippen molar-refractivity contribution in [3.63, 3.8) is 0 Å². The van der Waals surface area contributed by atoms with Crippen LogP contribution in [0.5, 0.6) is 0 Å². The zero-order valence-corrected chi connectivity index (χ0v) is 19.6. The molecule has 0 aromatic rings. The molecule has 4 nitrogen and oxygen atoms in total. The van der Waals surface area contributed by atoms with Crippen LogP contribution in [0.2, 0.25) is 0 Å². The van der Waals surface area contributed by atoms with E-state index in [4.69, 9.17) is 9.47 Å². The Morgan fingerprint density at radius 3 is 1.52 bits per heavy atom. The van der Waals surface area contributed by atoms with Crippen molar-refractivity contribution in [2.45, 2.75) is 130 Å². The van der Waals surface area contributed by atoms with E-state index in [9.17, 15) is 9.59 Å². The van der Waals surface area contributed by atoms with Crippen molar-refractivity contribution in [3.8, 4) is 0 Å². The third kappa shape index (κ3) is 18.7. The highest BCUT2D eigenvalue weighted by atomic mass is 16.6. The molecule has 0 heterocycles. The van der Waals surface area contributed by atoms with Gasteiger partial charge in [0, 0.05) is 0 Å². The van der Waals surface area contributed by atoms with Crippen LogP contribution in [0.25, 0.3) is 0 Å². The van der Waals surface area contributed by atoms with E-state index in [0.717, 1.165) is 38.5 Å². The lowest BCUT2D eigenvalue weighted by Gasteiger charge is -2.14. The quantitative estimate of drug-likeness (QED) is 0.119. The number of esters is 2. The topological polar surface area (TPSA) is 52.6 Å². The van der Waals surface area contributed by atoms with Crippen LogP contribution < -0.4 is 0 Å². The van der Waals surface area contributed by atoms with Crippen molar-refractivity contribution in [2.24, 2.45) is 5.92 Å². The smallest absolute Gasteiger partial charge is 0.417 e. The summed E-state index contributed by atoms with van der Waals surface area (Å²) >= 11 is 0. The van der Waals surface area contributed by atoms with Crippen molar-refractivity contribution in [1.82, 2.24) is 0 Å². The van der Waals surface area contributed by atoms with Gasteiger partial charge in [0.05, 0.1) is 13.2 Å². The van der Waals surface area contributed by atoms with Gasteiger partial charge in [-0.25, -0.2) is 9.59 Å². The minimum atomic E-state index is -0.839. The number of unbranched alkanes of at least 4 members (excludes halogenated alkanes) is 13. The summed E-state index contributed by atoms with van der Waals surface area (Å²) in [4.78, 5) is 23.4. The standard InChI is InChI=1S/C25H48O4/c1-4-7-9-10-11-12-13-14-15-16-17-18-19-21-28-24(26)25(27)29-22-23(6-3)20-8-5-2/h23H,4-22H2,1-3H3. The zero-order valence-electron chi connectivity index (χ0n) is 19.6. The molecule has 1 atom stereocenters. The molecular weight excluding hydrogens is 364 g/mol. The number of carbonyl (C=O) groups excluding carboxylic acids is 2. The summed E-state index contributed by atoms with van der Waals surface area (Å²) in [6, 6.07) is 0. The van der Waals surface area contributed by atoms with E-state index < -0.39 is 11.9 Å². The van der Waals surface area contributed by atoms with Crippen molar-refractivity contribution in [1.29, 1.82) is 0 Å². The first kappa shape index (κ1) is 27.9. The third-order valence-corrected chi connectivity index (χ3v) is 5.64. The van der Waals surface area contributed by atoms with Crippen LogP contribution in [-0.2, 0) is 19.1 Å². The molecule has 0 spiro atoms. The fraction of sp³-hybridized carbons (Fsp3) is 0.920. The molecule has 1 unspecified atom stereocenters. The molecule has 0 aromatic heterocycles. The van der Waals surface area contributed by atoms with E-state index in [1.165, 1.54) is 70.6 Å². The van der Waals surface area contributed by atoms with Crippen molar-refractivity contribution < 1.29 is 19.1 Å². The summed E-state index contributed by atoms with van der Waals surface area (Å²) in [6.45, 7) is 7.13. The minimum absolute atomic E-state index is 0.318. The Labute approximate surface area is 180 Å². The van der Waals surface area contributed by atoms with Gasteiger partial charge in [0.15, 0.2) is 0 Å². The van der Waals surface area contributed by atoms with Crippen LogP contribution in [0.3, 0.4) is 0 Å². The van der Waals surface area contributed by atoms with E-state index in [-0.39, 0.29) is 0 Å². The molecule has 29 heavy (non-hydrogen) atoms. The van der Waals surface area contributed by atoms with Gasteiger partial charge in [-0.3, -0.25) is 0 Å². The summed E-state index contributed by atoms with van der Waals surface area (Å²) in [5.41, 5.74) is 0. The predicted octanol–water partition coefficient (Wildman–Crippen LogP) is 7.38. The van der Waals surface area contributed by atoms with Crippen LogP contribution in [0.1, 0.15) is 130 Å².